The first-order valence-corrected chi connectivity index (χ1v) is 7.45. The minimum atomic E-state index is 0.0768. The fraction of sp³-hybridized carbons (Fsp3) is 0.600. The van der Waals surface area contributed by atoms with Gasteiger partial charge in [-0.3, -0.25) is 4.90 Å². The third kappa shape index (κ3) is 2.63. The third-order valence-corrected chi connectivity index (χ3v) is 4.34. The quantitative estimate of drug-likeness (QED) is 0.829. The first-order chi connectivity index (χ1) is 8.52. The predicted molar refractivity (Wildman–Crippen MR) is 78.4 cm³/mol. The predicted octanol–water partition coefficient (Wildman–Crippen LogP) is 4.21. The summed E-state index contributed by atoms with van der Waals surface area (Å²) in [5.41, 5.74) is 1.23. The van der Waals surface area contributed by atoms with E-state index in [1.165, 1.54) is 5.56 Å². The number of rotatable bonds is 3. The molecule has 2 atom stereocenters. The number of hydrogen-bond acceptors (Lipinski definition) is 2. The lowest BCUT2D eigenvalue weighted by molar-refractivity contribution is 0.00908. The highest BCUT2D eigenvalue weighted by atomic mass is 79.9. The fourth-order valence-electron chi connectivity index (χ4n) is 2.65. The van der Waals surface area contributed by atoms with Gasteiger partial charge in [0, 0.05) is 22.1 Å². The lowest BCUT2D eigenvalue weighted by atomic mass is 10.0. The Morgan fingerprint density at radius 2 is 1.89 bits per heavy atom. The van der Waals surface area contributed by atoms with Gasteiger partial charge in [-0.25, -0.2) is 0 Å². The molecule has 1 aromatic carbocycles. The van der Waals surface area contributed by atoms with Gasteiger partial charge in [0.2, 0.25) is 0 Å². The molecule has 1 heterocycles. The minimum absolute atomic E-state index is 0.0768. The van der Waals surface area contributed by atoms with Crippen LogP contribution in [0, 0.1) is 5.92 Å². The van der Waals surface area contributed by atoms with Gasteiger partial charge in [0.15, 0.2) is 0 Å². The van der Waals surface area contributed by atoms with E-state index in [1.807, 2.05) is 6.07 Å². The van der Waals surface area contributed by atoms with E-state index in [4.69, 9.17) is 4.74 Å². The van der Waals surface area contributed by atoms with Gasteiger partial charge < -0.3 is 4.74 Å². The van der Waals surface area contributed by atoms with Crippen LogP contribution in [0.25, 0.3) is 0 Å². The molecule has 1 aliphatic heterocycles. The van der Waals surface area contributed by atoms with Crippen molar-refractivity contribution in [1.29, 1.82) is 0 Å². The summed E-state index contributed by atoms with van der Waals surface area (Å²) >= 11 is 3.63. The molecule has 0 radical (unpaired) electrons. The van der Waals surface area contributed by atoms with Crippen LogP contribution in [0.2, 0.25) is 0 Å². The van der Waals surface area contributed by atoms with Crippen LogP contribution in [0.15, 0.2) is 28.7 Å². The summed E-state index contributed by atoms with van der Waals surface area (Å²) < 4.78 is 7.19. The Morgan fingerprint density at radius 3 is 2.44 bits per heavy atom. The van der Waals surface area contributed by atoms with Gasteiger partial charge in [-0.1, -0.05) is 48.0 Å². The highest BCUT2D eigenvalue weighted by Gasteiger charge is 2.39. The van der Waals surface area contributed by atoms with Gasteiger partial charge >= 0.3 is 0 Å². The normalized spacial score (nSPS) is 25.3. The molecular weight excluding hydrogens is 290 g/mol. The van der Waals surface area contributed by atoms with Gasteiger partial charge in [-0.05, 0) is 25.8 Å². The Bertz CT molecular complexity index is 405. The molecule has 2 rings (SSSR count). The molecular formula is C15H22BrNO. The number of ether oxygens (including phenoxy) is 1. The number of benzene rings is 1. The van der Waals surface area contributed by atoms with E-state index >= 15 is 0 Å². The molecule has 3 heteroatoms. The molecule has 18 heavy (non-hydrogen) atoms. The zero-order valence-electron chi connectivity index (χ0n) is 11.6. The van der Waals surface area contributed by atoms with Crippen molar-refractivity contribution in [1.82, 2.24) is 4.90 Å². The first-order valence-electron chi connectivity index (χ1n) is 6.65. The van der Waals surface area contributed by atoms with Gasteiger partial charge in [0.05, 0.1) is 6.61 Å². The van der Waals surface area contributed by atoms with E-state index in [9.17, 15) is 0 Å². The number of halogens is 1. The molecule has 0 N–H and O–H groups in total. The monoisotopic (exact) mass is 311 g/mol. The van der Waals surface area contributed by atoms with Crippen molar-refractivity contribution in [2.24, 2.45) is 5.92 Å². The van der Waals surface area contributed by atoms with Crippen molar-refractivity contribution >= 4 is 15.9 Å². The summed E-state index contributed by atoms with van der Waals surface area (Å²) in [6, 6.07) is 9.33. The molecule has 0 saturated carbocycles. The second-order valence-corrected chi connectivity index (χ2v) is 6.41. The SMILES string of the molecule is CC(C)[C@H]1CO[C@@H](c2ccccc2Br)N1C(C)C. The van der Waals surface area contributed by atoms with Gasteiger partial charge in [-0.15, -0.1) is 0 Å². The van der Waals surface area contributed by atoms with Crippen molar-refractivity contribution in [2.75, 3.05) is 6.61 Å². The Morgan fingerprint density at radius 1 is 1.22 bits per heavy atom. The zero-order chi connectivity index (χ0) is 13.3. The molecule has 1 aliphatic rings. The summed E-state index contributed by atoms with van der Waals surface area (Å²) in [6.07, 6.45) is 0.0768. The maximum atomic E-state index is 6.06. The second kappa shape index (κ2) is 5.72. The van der Waals surface area contributed by atoms with Crippen molar-refractivity contribution in [3.05, 3.63) is 34.3 Å². The summed E-state index contributed by atoms with van der Waals surface area (Å²) in [7, 11) is 0. The average molecular weight is 312 g/mol. The van der Waals surface area contributed by atoms with Gasteiger partial charge in [0.25, 0.3) is 0 Å². The Hall–Kier alpha value is -0.380. The molecule has 1 aromatic rings. The zero-order valence-corrected chi connectivity index (χ0v) is 13.1. The maximum absolute atomic E-state index is 6.06. The van der Waals surface area contributed by atoms with E-state index in [0.717, 1.165) is 11.1 Å². The summed E-state index contributed by atoms with van der Waals surface area (Å²) in [5, 5.41) is 0. The molecule has 100 valence electrons. The molecule has 0 spiro atoms. The van der Waals surface area contributed by atoms with E-state index in [-0.39, 0.29) is 6.23 Å². The van der Waals surface area contributed by atoms with Crippen LogP contribution < -0.4 is 0 Å². The summed E-state index contributed by atoms with van der Waals surface area (Å²) in [6.45, 7) is 9.85. The molecule has 0 unspecified atom stereocenters. The Balaban J connectivity index is 2.31. The first kappa shape index (κ1) is 14.0. The van der Waals surface area contributed by atoms with E-state index < -0.39 is 0 Å². The Kier molecular flexibility index (Phi) is 4.46. The standard InChI is InChI=1S/C15H22BrNO/c1-10(2)14-9-18-15(17(14)11(3)4)12-7-5-6-8-13(12)16/h5-8,10-11,14-15H,9H2,1-4H3/t14-,15+/m1/s1. The van der Waals surface area contributed by atoms with E-state index in [1.54, 1.807) is 0 Å². The van der Waals surface area contributed by atoms with Crippen LogP contribution in [-0.4, -0.2) is 23.6 Å². The van der Waals surface area contributed by atoms with Gasteiger partial charge in [-0.2, -0.15) is 0 Å². The highest BCUT2D eigenvalue weighted by molar-refractivity contribution is 9.10. The smallest absolute Gasteiger partial charge is 0.138 e. The van der Waals surface area contributed by atoms with Crippen LogP contribution in [0.4, 0.5) is 0 Å². The maximum Gasteiger partial charge on any atom is 0.138 e. The molecule has 1 saturated heterocycles. The lowest BCUT2D eigenvalue weighted by Crippen LogP contribution is -2.41. The minimum Gasteiger partial charge on any atom is -0.357 e. The molecule has 0 amide bonds. The van der Waals surface area contributed by atoms with Crippen molar-refractivity contribution in [3.63, 3.8) is 0 Å². The van der Waals surface area contributed by atoms with E-state index in [2.05, 4.69) is 66.7 Å². The lowest BCUT2D eigenvalue weighted by Gasteiger charge is -2.34. The highest BCUT2D eigenvalue weighted by Crippen LogP contribution is 2.38. The largest absolute Gasteiger partial charge is 0.357 e. The van der Waals surface area contributed by atoms with Crippen molar-refractivity contribution in [3.8, 4) is 0 Å². The van der Waals surface area contributed by atoms with Crippen molar-refractivity contribution in [2.45, 2.75) is 46.0 Å². The fourth-order valence-corrected chi connectivity index (χ4v) is 3.13. The topological polar surface area (TPSA) is 12.5 Å². The van der Waals surface area contributed by atoms with E-state index in [0.29, 0.717) is 18.0 Å². The second-order valence-electron chi connectivity index (χ2n) is 5.56. The van der Waals surface area contributed by atoms with Crippen molar-refractivity contribution < 1.29 is 4.74 Å². The number of nitrogens with zero attached hydrogens (tertiary/aromatic N) is 1. The average Bonchev–Trinajstić information content (AvgIpc) is 2.74. The summed E-state index contributed by atoms with van der Waals surface area (Å²) in [4.78, 5) is 2.49. The third-order valence-electron chi connectivity index (χ3n) is 3.62. The van der Waals surface area contributed by atoms with Crippen LogP contribution in [-0.2, 0) is 4.74 Å². The van der Waals surface area contributed by atoms with Crippen LogP contribution in [0.1, 0.15) is 39.5 Å². The molecule has 2 nitrogen and oxygen atoms in total. The number of hydrogen-bond donors (Lipinski definition) is 0. The molecule has 0 aliphatic carbocycles. The molecule has 1 fully saturated rings. The van der Waals surface area contributed by atoms with Gasteiger partial charge in [0.1, 0.15) is 6.23 Å². The molecule has 0 aromatic heterocycles. The molecule has 0 bridgehead atoms. The van der Waals surface area contributed by atoms with Crippen LogP contribution in [0.5, 0.6) is 0 Å². The van der Waals surface area contributed by atoms with Crippen LogP contribution in [0.3, 0.4) is 0 Å². The summed E-state index contributed by atoms with van der Waals surface area (Å²) in [5.74, 6) is 0.611. The van der Waals surface area contributed by atoms with Crippen LogP contribution >= 0.6 is 15.9 Å². The Labute approximate surface area is 118 Å².